The second-order valence-electron chi connectivity index (χ2n) is 7.61. The van der Waals surface area contributed by atoms with Crippen LogP contribution in [0.4, 0.5) is 0 Å². The van der Waals surface area contributed by atoms with Crippen molar-refractivity contribution in [3.8, 4) is 11.1 Å². The van der Waals surface area contributed by atoms with E-state index in [-0.39, 0.29) is 24.0 Å². The van der Waals surface area contributed by atoms with Crippen molar-refractivity contribution in [3.05, 3.63) is 59.3 Å². The first-order chi connectivity index (χ1) is 13.9. The van der Waals surface area contributed by atoms with E-state index in [0.29, 0.717) is 30.3 Å². The largest absolute Gasteiger partial charge is 0.396 e. The minimum atomic E-state index is -2.95. The Hall–Kier alpha value is -2.64. The molecule has 152 valence electrons. The number of carbonyl (C=O) groups is 1. The smallest absolute Gasteiger partial charge is 0.250 e. The van der Waals surface area contributed by atoms with Crippen molar-refractivity contribution >= 4 is 26.6 Å². The van der Waals surface area contributed by atoms with Gasteiger partial charge in [0, 0.05) is 18.2 Å². The number of aromatic amines is 1. The van der Waals surface area contributed by atoms with E-state index in [2.05, 4.69) is 4.98 Å². The molecule has 1 amide bonds. The van der Waals surface area contributed by atoms with E-state index >= 15 is 0 Å². The molecule has 0 saturated carbocycles. The molecule has 1 fully saturated rings. The number of carbonyl (C=O) groups excluding carboxylic acids is 1. The van der Waals surface area contributed by atoms with Crippen LogP contribution in [0.5, 0.6) is 0 Å². The Morgan fingerprint density at radius 1 is 1.17 bits per heavy atom. The van der Waals surface area contributed by atoms with Gasteiger partial charge in [-0.1, -0.05) is 24.3 Å². The lowest BCUT2D eigenvalue weighted by Gasteiger charge is -2.22. The van der Waals surface area contributed by atoms with Crippen LogP contribution < -0.4 is 5.73 Å². The topological polar surface area (TPSA) is 113 Å². The van der Waals surface area contributed by atoms with Crippen LogP contribution in [0.3, 0.4) is 0 Å². The first kappa shape index (κ1) is 19.7. The van der Waals surface area contributed by atoms with Gasteiger partial charge in [-0.05, 0) is 59.6 Å². The van der Waals surface area contributed by atoms with E-state index < -0.39 is 15.7 Å². The second kappa shape index (κ2) is 7.65. The van der Waals surface area contributed by atoms with Gasteiger partial charge in [0.25, 0.3) is 5.91 Å². The van der Waals surface area contributed by atoms with Gasteiger partial charge in [0.1, 0.15) is 9.84 Å². The van der Waals surface area contributed by atoms with Crippen LogP contribution in [-0.4, -0.2) is 42.5 Å². The Balaban J connectivity index is 1.87. The zero-order chi connectivity index (χ0) is 20.6. The number of aliphatic hydroxyl groups is 1. The van der Waals surface area contributed by atoms with Gasteiger partial charge in [-0.3, -0.25) is 4.79 Å². The highest BCUT2D eigenvalue weighted by molar-refractivity contribution is 7.91. The third-order valence-electron chi connectivity index (χ3n) is 5.79. The minimum absolute atomic E-state index is 0.0356. The molecule has 0 atom stereocenters. The Bertz CT molecular complexity index is 1170. The lowest BCUT2D eigenvalue weighted by molar-refractivity contribution is 0.100. The average Bonchev–Trinajstić information content (AvgIpc) is 3.12. The molecule has 6 nitrogen and oxygen atoms in total. The number of fused-ring (bicyclic) bond motifs is 1. The number of nitrogens with one attached hydrogen (secondary N) is 1. The van der Waals surface area contributed by atoms with Crippen molar-refractivity contribution in [2.75, 3.05) is 18.1 Å². The molecular formula is C22H24N2O4S. The standard InChI is InChI=1S/C22H24N2O4S/c23-22(26)19-12-16(17-4-2-1-3-14(17)5-8-25)11-18-20(13-24-21(18)19)15-6-9-29(27,28)10-7-15/h1-4,11-13,15,24-25H,5-10H2,(H2,23,26). The van der Waals surface area contributed by atoms with E-state index in [9.17, 15) is 18.3 Å². The summed E-state index contributed by atoms with van der Waals surface area (Å²) in [6, 6.07) is 11.6. The van der Waals surface area contributed by atoms with Crippen molar-refractivity contribution in [3.63, 3.8) is 0 Å². The molecule has 1 saturated heterocycles. The van der Waals surface area contributed by atoms with Crippen molar-refractivity contribution < 1.29 is 18.3 Å². The van der Waals surface area contributed by atoms with Gasteiger partial charge < -0.3 is 15.8 Å². The zero-order valence-electron chi connectivity index (χ0n) is 16.0. The molecule has 0 spiro atoms. The van der Waals surface area contributed by atoms with Crippen LogP contribution in [-0.2, 0) is 16.3 Å². The van der Waals surface area contributed by atoms with Gasteiger partial charge in [-0.2, -0.15) is 0 Å². The summed E-state index contributed by atoms with van der Waals surface area (Å²) < 4.78 is 23.6. The molecule has 29 heavy (non-hydrogen) atoms. The number of amides is 1. The van der Waals surface area contributed by atoms with E-state index in [1.54, 1.807) is 6.07 Å². The third-order valence-corrected chi connectivity index (χ3v) is 7.51. The van der Waals surface area contributed by atoms with Crippen LogP contribution in [0, 0.1) is 0 Å². The number of aliphatic hydroxyl groups excluding tert-OH is 1. The highest BCUT2D eigenvalue weighted by Crippen LogP contribution is 2.37. The van der Waals surface area contributed by atoms with Crippen molar-refractivity contribution in [2.45, 2.75) is 25.2 Å². The molecule has 0 aliphatic carbocycles. The molecule has 1 aliphatic heterocycles. The quantitative estimate of drug-likeness (QED) is 0.598. The number of hydrogen-bond donors (Lipinski definition) is 3. The maximum atomic E-state index is 12.2. The van der Waals surface area contributed by atoms with Gasteiger partial charge in [0.15, 0.2) is 0 Å². The molecule has 2 heterocycles. The summed E-state index contributed by atoms with van der Waals surface area (Å²) in [4.78, 5) is 15.3. The molecule has 1 aliphatic rings. The predicted molar refractivity (Wildman–Crippen MR) is 114 cm³/mol. The first-order valence-electron chi connectivity index (χ1n) is 9.74. The molecule has 1 aromatic heterocycles. The molecule has 3 aromatic rings. The average molecular weight is 413 g/mol. The van der Waals surface area contributed by atoms with Crippen LogP contribution in [0.15, 0.2) is 42.6 Å². The van der Waals surface area contributed by atoms with E-state index in [1.807, 2.05) is 36.5 Å². The zero-order valence-corrected chi connectivity index (χ0v) is 16.8. The maximum absolute atomic E-state index is 12.2. The number of primary amides is 1. The summed E-state index contributed by atoms with van der Waals surface area (Å²) in [5.74, 6) is -0.0232. The van der Waals surface area contributed by atoms with Crippen LogP contribution >= 0.6 is 0 Å². The number of rotatable bonds is 5. The van der Waals surface area contributed by atoms with Gasteiger partial charge in [0.2, 0.25) is 0 Å². The van der Waals surface area contributed by atoms with Crippen molar-refractivity contribution in [1.29, 1.82) is 0 Å². The van der Waals surface area contributed by atoms with Crippen LogP contribution in [0.2, 0.25) is 0 Å². The van der Waals surface area contributed by atoms with E-state index in [0.717, 1.165) is 27.6 Å². The number of nitrogens with two attached hydrogens (primary N) is 1. The lowest BCUT2D eigenvalue weighted by atomic mass is 9.89. The molecule has 4 rings (SSSR count). The van der Waals surface area contributed by atoms with Gasteiger partial charge in [0.05, 0.1) is 22.6 Å². The fraction of sp³-hybridized carbons (Fsp3) is 0.318. The first-order valence-corrected chi connectivity index (χ1v) is 11.6. The van der Waals surface area contributed by atoms with Gasteiger partial charge in [-0.15, -0.1) is 0 Å². The summed E-state index contributed by atoms with van der Waals surface area (Å²) in [6.45, 7) is 0.0356. The number of hydrogen-bond acceptors (Lipinski definition) is 4. The lowest BCUT2D eigenvalue weighted by Crippen LogP contribution is -2.22. The minimum Gasteiger partial charge on any atom is -0.396 e. The number of sulfone groups is 1. The van der Waals surface area contributed by atoms with Crippen LogP contribution in [0.1, 0.15) is 40.2 Å². The molecule has 0 bridgehead atoms. The number of benzene rings is 2. The van der Waals surface area contributed by atoms with E-state index in [4.69, 9.17) is 5.73 Å². The molecule has 7 heteroatoms. The Morgan fingerprint density at radius 3 is 2.59 bits per heavy atom. The number of H-pyrrole nitrogens is 1. The van der Waals surface area contributed by atoms with E-state index in [1.165, 1.54) is 0 Å². The van der Waals surface area contributed by atoms with Crippen LogP contribution in [0.25, 0.3) is 22.0 Å². The van der Waals surface area contributed by atoms with Gasteiger partial charge >= 0.3 is 0 Å². The molecule has 0 unspecified atom stereocenters. The summed E-state index contributed by atoms with van der Waals surface area (Å²) in [7, 11) is -2.95. The number of aromatic nitrogens is 1. The molecule has 2 aromatic carbocycles. The second-order valence-corrected chi connectivity index (χ2v) is 9.92. The van der Waals surface area contributed by atoms with Crippen molar-refractivity contribution in [2.24, 2.45) is 5.73 Å². The summed E-state index contributed by atoms with van der Waals surface area (Å²) in [6.07, 6.45) is 3.54. The third kappa shape index (κ3) is 3.80. The fourth-order valence-electron chi connectivity index (χ4n) is 4.28. The Kier molecular flexibility index (Phi) is 5.19. The molecule has 4 N–H and O–H groups in total. The highest BCUT2D eigenvalue weighted by Gasteiger charge is 2.27. The fourth-order valence-corrected chi connectivity index (χ4v) is 5.77. The normalized spacial score (nSPS) is 16.9. The summed E-state index contributed by atoms with van der Waals surface area (Å²) in [5.41, 5.74) is 10.6. The highest BCUT2D eigenvalue weighted by atomic mass is 32.2. The molecular weight excluding hydrogens is 388 g/mol. The maximum Gasteiger partial charge on any atom is 0.250 e. The summed E-state index contributed by atoms with van der Waals surface area (Å²) >= 11 is 0. The van der Waals surface area contributed by atoms with Crippen molar-refractivity contribution in [1.82, 2.24) is 4.98 Å². The SMILES string of the molecule is NC(=O)c1cc(-c2ccccc2CCO)cc2c(C3CCS(=O)(=O)CC3)c[nH]c12. The monoisotopic (exact) mass is 412 g/mol. The molecule has 0 radical (unpaired) electrons. The van der Waals surface area contributed by atoms with Gasteiger partial charge in [-0.25, -0.2) is 8.42 Å². The Morgan fingerprint density at radius 2 is 1.90 bits per heavy atom. The predicted octanol–water partition coefficient (Wildman–Crippen LogP) is 2.76. The Labute approximate surface area is 169 Å². The summed E-state index contributed by atoms with van der Waals surface area (Å²) in [5, 5.41) is 10.3.